The van der Waals surface area contributed by atoms with Gasteiger partial charge in [0, 0.05) is 5.57 Å². The summed E-state index contributed by atoms with van der Waals surface area (Å²) in [5.41, 5.74) is 1.56. The SMILES string of the molecule is C=C(C)C(=O)OCc1ccc(C(F)(F)Oc2ccc(C)cc2)cc1. The van der Waals surface area contributed by atoms with Crippen molar-refractivity contribution in [2.45, 2.75) is 26.6 Å². The fourth-order valence-electron chi connectivity index (χ4n) is 1.88. The average Bonchev–Trinajstić information content (AvgIpc) is 2.55. The molecule has 0 aromatic heterocycles. The Bertz CT molecular complexity index is 719. The molecule has 0 heterocycles. The zero-order valence-corrected chi connectivity index (χ0v) is 13.5. The summed E-state index contributed by atoms with van der Waals surface area (Å²) in [5, 5.41) is 0. The second-order valence-electron chi connectivity index (χ2n) is 5.49. The second kappa shape index (κ2) is 7.25. The molecule has 0 radical (unpaired) electrons. The van der Waals surface area contributed by atoms with Gasteiger partial charge in [0.05, 0.1) is 5.56 Å². The van der Waals surface area contributed by atoms with Gasteiger partial charge < -0.3 is 9.47 Å². The average molecular weight is 332 g/mol. The van der Waals surface area contributed by atoms with Gasteiger partial charge in [0.25, 0.3) is 0 Å². The summed E-state index contributed by atoms with van der Waals surface area (Å²) >= 11 is 0. The molecule has 2 aromatic rings. The van der Waals surface area contributed by atoms with Gasteiger partial charge >= 0.3 is 12.1 Å². The molecule has 0 aliphatic carbocycles. The Balaban J connectivity index is 2.04. The number of esters is 1. The fourth-order valence-corrected chi connectivity index (χ4v) is 1.88. The van der Waals surface area contributed by atoms with E-state index in [-0.39, 0.29) is 23.5 Å². The first-order valence-corrected chi connectivity index (χ1v) is 7.33. The quantitative estimate of drug-likeness (QED) is 0.566. The zero-order chi connectivity index (χ0) is 17.7. The van der Waals surface area contributed by atoms with E-state index >= 15 is 0 Å². The second-order valence-corrected chi connectivity index (χ2v) is 5.49. The summed E-state index contributed by atoms with van der Waals surface area (Å²) < 4.78 is 38.1. The van der Waals surface area contributed by atoms with E-state index < -0.39 is 12.1 Å². The van der Waals surface area contributed by atoms with Gasteiger partial charge in [0.2, 0.25) is 0 Å². The van der Waals surface area contributed by atoms with Crippen molar-refractivity contribution in [2.75, 3.05) is 0 Å². The lowest BCUT2D eigenvalue weighted by Gasteiger charge is -2.18. The highest BCUT2D eigenvalue weighted by Gasteiger charge is 2.34. The lowest BCUT2D eigenvalue weighted by molar-refractivity contribution is -0.185. The minimum absolute atomic E-state index is 0.00361. The molecule has 0 unspecified atom stereocenters. The Morgan fingerprint density at radius 2 is 1.67 bits per heavy atom. The van der Waals surface area contributed by atoms with Crippen LogP contribution in [0.25, 0.3) is 0 Å². The van der Waals surface area contributed by atoms with Crippen LogP contribution in [-0.2, 0) is 22.2 Å². The van der Waals surface area contributed by atoms with Gasteiger partial charge in [-0.2, -0.15) is 8.78 Å². The predicted molar refractivity (Wildman–Crippen MR) is 86.8 cm³/mol. The van der Waals surface area contributed by atoms with Gasteiger partial charge in [-0.25, -0.2) is 4.79 Å². The van der Waals surface area contributed by atoms with Crippen molar-refractivity contribution in [3.63, 3.8) is 0 Å². The van der Waals surface area contributed by atoms with Crippen molar-refractivity contribution in [1.82, 2.24) is 0 Å². The van der Waals surface area contributed by atoms with E-state index in [1.54, 1.807) is 12.1 Å². The smallest absolute Gasteiger partial charge is 0.426 e. The number of alkyl halides is 2. The molecule has 0 saturated heterocycles. The standard InChI is InChI=1S/C19H18F2O3/c1-13(2)18(22)23-12-15-6-8-16(9-7-15)19(20,21)24-17-10-4-14(3)5-11-17/h4-11H,1,12H2,2-3H3. The molecule has 3 nitrogen and oxygen atoms in total. The number of hydrogen-bond acceptors (Lipinski definition) is 3. The Hall–Kier alpha value is -2.69. The van der Waals surface area contributed by atoms with E-state index in [2.05, 4.69) is 6.58 Å². The highest BCUT2D eigenvalue weighted by molar-refractivity contribution is 5.86. The van der Waals surface area contributed by atoms with Crippen LogP contribution in [0.5, 0.6) is 5.75 Å². The van der Waals surface area contributed by atoms with E-state index in [0.717, 1.165) is 5.56 Å². The van der Waals surface area contributed by atoms with Gasteiger partial charge in [-0.1, -0.05) is 36.4 Å². The fraction of sp³-hybridized carbons (Fsp3) is 0.211. The molecule has 0 spiro atoms. The lowest BCUT2D eigenvalue weighted by Crippen LogP contribution is -2.21. The number of halogens is 2. The van der Waals surface area contributed by atoms with Gasteiger partial charge in [-0.3, -0.25) is 0 Å². The Kier molecular flexibility index (Phi) is 5.34. The van der Waals surface area contributed by atoms with E-state index in [0.29, 0.717) is 5.56 Å². The van der Waals surface area contributed by atoms with Crippen LogP contribution in [-0.4, -0.2) is 5.97 Å². The highest BCUT2D eigenvalue weighted by atomic mass is 19.3. The number of rotatable bonds is 6. The van der Waals surface area contributed by atoms with Gasteiger partial charge in [-0.05, 0) is 43.7 Å². The summed E-state index contributed by atoms with van der Waals surface area (Å²) in [6, 6.07) is 11.8. The molecule has 0 bridgehead atoms. The molecule has 0 saturated carbocycles. The molecule has 0 fully saturated rings. The number of ether oxygens (including phenoxy) is 2. The van der Waals surface area contributed by atoms with Crippen LogP contribution in [0.2, 0.25) is 0 Å². The normalized spacial score (nSPS) is 11.0. The third kappa shape index (κ3) is 4.65. The molecular formula is C19H18F2O3. The highest BCUT2D eigenvalue weighted by Crippen LogP contribution is 2.31. The summed E-state index contributed by atoms with van der Waals surface area (Å²) in [7, 11) is 0. The maximum absolute atomic E-state index is 14.2. The van der Waals surface area contributed by atoms with E-state index in [1.165, 1.54) is 43.3 Å². The van der Waals surface area contributed by atoms with Crippen LogP contribution in [0.3, 0.4) is 0 Å². The molecular weight excluding hydrogens is 314 g/mol. The molecule has 24 heavy (non-hydrogen) atoms. The lowest BCUT2D eigenvalue weighted by atomic mass is 10.1. The molecule has 126 valence electrons. The first kappa shape index (κ1) is 17.7. The number of hydrogen-bond donors (Lipinski definition) is 0. The van der Waals surface area contributed by atoms with Crippen LogP contribution >= 0.6 is 0 Å². The van der Waals surface area contributed by atoms with Crippen molar-refractivity contribution >= 4 is 5.97 Å². The third-order valence-electron chi connectivity index (χ3n) is 3.28. The number of carbonyl (C=O) groups excluding carboxylic acids is 1. The molecule has 0 aliphatic rings. The van der Waals surface area contributed by atoms with E-state index in [1.807, 2.05) is 6.92 Å². The molecule has 0 N–H and O–H groups in total. The van der Waals surface area contributed by atoms with Crippen molar-refractivity contribution in [3.05, 3.63) is 77.4 Å². The maximum Gasteiger partial charge on any atom is 0.426 e. The number of aryl methyl sites for hydroxylation is 1. The Morgan fingerprint density at radius 1 is 1.08 bits per heavy atom. The summed E-state index contributed by atoms with van der Waals surface area (Å²) in [6.07, 6.45) is -3.46. The Labute approximate surface area is 139 Å². The Morgan fingerprint density at radius 3 is 2.21 bits per heavy atom. The summed E-state index contributed by atoms with van der Waals surface area (Å²) in [5.74, 6) is -0.433. The summed E-state index contributed by atoms with van der Waals surface area (Å²) in [4.78, 5) is 11.3. The molecule has 0 aliphatic heterocycles. The number of benzene rings is 2. The summed E-state index contributed by atoms with van der Waals surface area (Å²) in [6.45, 7) is 6.86. The predicted octanol–water partition coefficient (Wildman–Crippen LogP) is 4.74. The molecule has 2 rings (SSSR count). The molecule has 0 atom stereocenters. The minimum atomic E-state index is -3.46. The van der Waals surface area contributed by atoms with Crippen molar-refractivity contribution in [3.8, 4) is 5.75 Å². The first-order chi connectivity index (χ1) is 11.3. The zero-order valence-electron chi connectivity index (χ0n) is 13.5. The van der Waals surface area contributed by atoms with Crippen LogP contribution < -0.4 is 4.74 Å². The van der Waals surface area contributed by atoms with Crippen molar-refractivity contribution in [1.29, 1.82) is 0 Å². The molecule has 5 heteroatoms. The van der Waals surface area contributed by atoms with Crippen LogP contribution in [0.15, 0.2) is 60.7 Å². The molecule has 0 amide bonds. The van der Waals surface area contributed by atoms with Crippen molar-refractivity contribution in [2.24, 2.45) is 0 Å². The van der Waals surface area contributed by atoms with E-state index in [9.17, 15) is 13.6 Å². The third-order valence-corrected chi connectivity index (χ3v) is 3.28. The van der Waals surface area contributed by atoms with Crippen LogP contribution in [0.4, 0.5) is 8.78 Å². The minimum Gasteiger partial charge on any atom is -0.457 e. The largest absolute Gasteiger partial charge is 0.457 e. The van der Waals surface area contributed by atoms with Gasteiger partial charge in [0.15, 0.2) is 0 Å². The van der Waals surface area contributed by atoms with Gasteiger partial charge in [-0.15, -0.1) is 0 Å². The van der Waals surface area contributed by atoms with Crippen LogP contribution in [0, 0.1) is 6.92 Å². The van der Waals surface area contributed by atoms with E-state index in [4.69, 9.17) is 9.47 Å². The van der Waals surface area contributed by atoms with Crippen LogP contribution in [0.1, 0.15) is 23.6 Å². The molecule has 2 aromatic carbocycles. The first-order valence-electron chi connectivity index (χ1n) is 7.33. The maximum atomic E-state index is 14.2. The topological polar surface area (TPSA) is 35.5 Å². The van der Waals surface area contributed by atoms with Gasteiger partial charge in [0.1, 0.15) is 12.4 Å². The number of carbonyl (C=O) groups is 1. The monoisotopic (exact) mass is 332 g/mol. The van der Waals surface area contributed by atoms with Crippen molar-refractivity contribution < 1.29 is 23.0 Å².